The summed E-state index contributed by atoms with van der Waals surface area (Å²) in [6.07, 6.45) is 9.71. The largest absolute Gasteiger partial charge is 0.478 e. The van der Waals surface area contributed by atoms with E-state index in [0.29, 0.717) is 25.2 Å². The molecule has 1 aliphatic heterocycles. The van der Waals surface area contributed by atoms with Crippen molar-refractivity contribution in [1.29, 1.82) is 0 Å². The Labute approximate surface area is 266 Å². The fourth-order valence-electron chi connectivity index (χ4n) is 5.74. The van der Waals surface area contributed by atoms with Crippen LogP contribution in [0, 0.1) is 0 Å². The van der Waals surface area contributed by atoms with Gasteiger partial charge in [-0.1, -0.05) is 112 Å². The average Bonchev–Trinajstić information content (AvgIpc) is 3.33. The van der Waals surface area contributed by atoms with Gasteiger partial charge in [-0.05, 0) is 54.5 Å². The van der Waals surface area contributed by atoms with Gasteiger partial charge in [0.25, 0.3) is 0 Å². The lowest BCUT2D eigenvalue weighted by atomic mass is 10.1. The summed E-state index contributed by atoms with van der Waals surface area (Å²) in [5.74, 6) is -0.817. The SMILES string of the molecule is CCCCCCCC1SC(CC(=O)N(Cc2ccccc2)Cc2ccccc2)C(=O)N1CCCCc1ccc(C(=O)O)cc1. The standard InChI is InChI=1S/C37H46N2O4S/c1-2-3-4-5-12-20-35-39(25-14-13-15-29-21-23-32(24-22-29)37(42)43)36(41)33(44-35)26-34(40)38(27-30-16-8-6-9-17-30)28-31-18-10-7-11-19-31/h6-11,16-19,21-24,33,35H,2-5,12-15,20,25-28H2,1H3,(H,42,43). The van der Waals surface area contributed by atoms with Gasteiger partial charge in [-0.15, -0.1) is 11.8 Å². The van der Waals surface area contributed by atoms with Crippen molar-refractivity contribution in [2.24, 2.45) is 0 Å². The van der Waals surface area contributed by atoms with Crippen LogP contribution in [0.1, 0.15) is 91.8 Å². The third-order valence-corrected chi connectivity index (χ3v) is 9.74. The van der Waals surface area contributed by atoms with Crippen LogP contribution in [0.15, 0.2) is 84.9 Å². The summed E-state index contributed by atoms with van der Waals surface area (Å²) in [5.41, 5.74) is 3.55. The molecule has 3 aromatic rings. The minimum atomic E-state index is -0.918. The normalized spacial score (nSPS) is 16.3. The molecule has 0 aliphatic carbocycles. The minimum absolute atomic E-state index is 0.0110. The van der Waals surface area contributed by atoms with Crippen molar-refractivity contribution in [2.75, 3.05) is 6.54 Å². The number of hydrogen-bond acceptors (Lipinski definition) is 4. The number of unbranched alkanes of at least 4 members (excludes halogenated alkanes) is 5. The van der Waals surface area contributed by atoms with E-state index in [4.69, 9.17) is 5.11 Å². The molecule has 2 atom stereocenters. The van der Waals surface area contributed by atoms with E-state index >= 15 is 0 Å². The molecule has 2 unspecified atom stereocenters. The Morgan fingerprint density at radius 1 is 0.773 bits per heavy atom. The first-order valence-electron chi connectivity index (χ1n) is 16.1. The summed E-state index contributed by atoms with van der Waals surface area (Å²) in [5, 5.41) is 8.89. The highest BCUT2D eigenvalue weighted by Gasteiger charge is 2.41. The Morgan fingerprint density at radius 3 is 1.98 bits per heavy atom. The number of nitrogens with zero attached hydrogens (tertiary/aromatic N) is 2. The summed E-state index contributed by atoms with van der Waals surface area (Å²) in [7, 11) is 0. The number of amides is 2. The molecule has 4 rings (SSSR count). The van der Waals surface area contributed by atoms with Crippen molar-refractivity contribution in [2.45, 2.75) is 94.8 Å². The minimum Gasteiger partial charge on any atom is -0.478 e. The van der Waals surface area contributed by atoms with Gasteiger partial charge >= 0.3 is 5.97 Å². The van der Waals surface area contributed by atoms with E-state index in [-0.39, 0.29) is 28.9 Å². The number of aryl methyl sites for hydroxylation is 1. The van der Waals surface area contributed by atoms with Crippen molar-refractivity contribution in [3.05, 3.63) is 107 Å². The fraction of sp³-hybridized carbons (Fsp3) is 0.432. The summed E-state index contributed by atoms with van der Waals surface area (Å²) in [6, 6.07) is 27.1. The van der Waals surface area contributed by atoms with Crippen LogP contribution in [0.25, 0.3) is 0 Å². The first-order valence-corrected chi connectivity index (χ1v) is 17.0. The first-order chi connectivity index (χ1) is 21.4. The van der Waals surface area contributed by atoms with Gasteiger partial charge in [0, 0.05) is 26.1 Å². The smallest absolute Gasteiger partial charge is 0.335 e. The third kappa shape index (κ3) is 10.3. The number of carbonyl (C=O) groups is 3. The zero-order valence-corrected chi connectivity index (χ0v) is 26.7. The fourth-order valence-corrected chi connectivity index (χ4v) is 7.27. The second-order valence-electron chi connectivity index (χ2n) is 11.7. The highest BCUT2D eigenvalue weighted by atomic mass is 32.2. The molecule has 0 spiro atoms. The quantitative estimate of drug-likeness (QED) is 0.147. The van der Waals surface area contributed by atoms with Gasteiger partial charge in [0.1, 0.15) is 0 Å². The van der Waals surface area contributed by atoms with Crippen molar-refractivity contribution in [1.82, 2.24) is 9.80 Å². The molecule has 44 heavy (non-hydrogen) atoms. The molecule has 1 aliphatic rings. The summed E-state index contributed by atoms with van der Waals surface area (Å²) < 4.78 is 0. The Bertz CT molecular complexity index is 1270. The van der Waals surface area contributed by atoms with Crippen LogP contribution < -0.4 is 0 Å². The highest BCUT2D eigenvalue weighted by molar-refractivity contribution is 8.01. The summed E-state index contributed by atoms with van der Waals surface area (Å²) in [4.78, 5) is 42.6. The van der Waals surface area contributed by atoms with Gasteiger partial charge in [0.15, 0.2) is 0 Å². The zero-order valence-electron chi connectivity index (χ0n) is 25.9. The zero-order chi connectivity index (χ0) is 31.1. The van der Waals surface area contributed by atoms with E-state index in [1.54, 1.807) is 23.9 Å². The Morgan fingerprint density at radius 2 is 1.39 bits per heavy atom. The van der Waals surface area contributed by atoms with E-state index in [2.05, 4.69) is 6.92 Å². The van der Waals surface area contributed by atoms with Crippen molar-refractivity contribution in [3.63, 3.8) is 0 Å². The van der Waals surface area contributed by atoms with Crippen molar-refractivity contribution < 1.29 is 19.5 Å². The van der Waals surface area contributed by atoms with E-state index in [1.807, 2.05) is 82.6 Å². The lowest BCUT2D eigenvalue weighted by Crippen LogP contribution is -2.37. The van der Waals surface area contributed by atoms with Gasteiger partial charge in [-0.3, -0.25) is 9.59 Å². The predicted molar refractivity (Wildman–Crippen MR) is 178 cm³/mol. The number of hydrogen-bond donors (Lipinski definition) is 1. The molecular weight excluding hydrogens is 568 g/mol. The van der Waals surface area contributed by atoms with Crippen LogP contribution in [0.4, 0.5) is 0 Å². The van der Waals surface area contributed by atoms with Gasteiger partial charge in [-0.2, -0.15) is 0 Å². The molecule has 6 nitrogen and oxygen atoms in total. The summed E-state index contributed by atoms with van der Waals surface area (Å²) in [6.45, 7) is 3.92. The van der Waals surface area contributed by atoms with Crippen LogP contribution >= 0.6 is 11.8 Å². The molecule has 7 heteroatoms. The number of thioether (sulfide) groups is 1. The molecule has 3 aromatic carbocycles. The van der Waals surface area contributed by atoms with Crippen molar-refractivity contribution in [3.8, 4) is 0 Å². The molecule has 2 amide bonds. The molecule has 0 saturated carbocycles. The molecule has 1 N–H and O–H groups in total. The average molecular weight is 615 g/mol. The van der Waals surface area contributed by atoms with Gasteiger partial charge in [0.05, 0.1) is 16.2 Å². The number of benzene rings is 3. The second kappa shape index (κ2) is 17.6. The lowest BCUT2D eigenvalue weighted by molar-refractivity contribution is -0.136. The van der Waals surface area contributed by atoms with Crippen LogP contribution in [0.2, 0.25) is 0 Å². The Hall–Kier alpha value is -3.58. The van der Waals surface area contributed by atoms with E-state index in [9.17, 15) is 14.4 Å². The monoisotopic (exact) mass is 614 g/mol. The maximum absolute atomic E-state index is 13.8. The first kappa shape index (κ1) is 33.3. The molecule has 234 valence electrons. The Balaban J connectivity index is 1.38. The topological polar surface area (TPSA) is 77.9 Å². The number of rotatable bonds is 18. The Kier molecular flexibility index (Phi) is 13.4. The second-order valence-corrected chi connectivity index (χ2v) is 13.1. The number of carboxylic acid groups (broad SMARTS) is 1. The molecule has 1 saturated heterocycles. The third-order valence-electron chi connectivity index (χ3n) is 8.24. The van der Waals surface area contributed by atoms with Crippen molar-refractivity contribution >= 4 is 29.5 Å². The molecule has 0 aromatic heterocycles. The number of carbonyl (C=O) groups excluding carboxylic acids is 2. The summed E-state index contributed by atoms with van der Waals surface area (Å²) >= 11 is 1.68. The van der Waals surface area contributed by atoms with Crippen LogP contribution in [0.3, 0.4) is 0 Å². The van der Waals surface area contributed by atoms with E-state index < -0.39 is 5.97 Å². The van der Waals surface area contributed by atoms with Gasteiger partial charge < -0.3 is 14.9 Å². The van der Waals surface area contributed by atoms with Crippen LogP contribution in [-0.2, 0) is 29.1 Å². The van der Waals surface area contributed by atoms with Crippen LogP contribution in [-0.4, -0.2) is 49.9 Å². The van der Waals surface area contributed by atoms with Crippen LogP contribution in [0.5, 0.6) is 0 Å². The molecule has 0 bridgehead atoms. The predicted octanol–water partition coefficient (Wildman–Crippen LogP) is 7.96. The molecule has 1 heterocycles. The van der Waals surface area contributed by atoms with Gasteiger partial charge in [-0.25, -0.2) is 4.79 Å². The molecule has 1 fully saturated rings. The lowest BCUT2D eigenvalue weighted by Gasteiger charge is -2.24. The van der Waals surface area contributed by atoms with E-state index in [1.165, 1.54) is 25.7 Å². The molecule has 0 radical (unpaired) electrons. The number of aromatic carboxylic acids is 1. The number of carboxylic acids is 1. The molecular formula is C37H46N2O4S. The van der Waals surface area contributed by atoms with E-state index in [0.717, 1.165) is 48.8 Å². The maximum Gasteiger partial charge on any atom is 0.335 e. The maximum atomic E-state index is 13.8. The highest BCUT2D eigenvalue weighted by Crippen LogP contribution is 2.37. The van der Waals surface area contributed by atoms with Gasteiger partial charge in [0.2, 0.25) is 11.8 Å².